The van der Waals surface area contributed by atoms with Gasteiger partial charge in [0.1, 0.15) is 5.75 Å². The molecule has 0 saturated heterocycles. The summed E-state index contributed by atoms with van der Waals surface area (Å²) in [5.74, 6) is -1.28. The molecule has 38 heavy (non-hydrogen) atoms. The van der Waals surface area contributed by atoms with Gasteiger partial charge in [0.15, 0.2) is 6.61 Å². The highest BCUT2D eigenvalue weighted by Crippen LogP contribution is 2.39. The van der Waals surface area contributed by atoms with E-state index in [0.717, 1.165) is 43.4 Å². The van der Waals surface area contributed by atoms with Gasteiger partial charge in [-0.05, 0) is 62.4 Å². The lowest BCUT2D eigenvalue weighted by molar-refractivity contribution is -0.153. The van der Waals surface area contributed by atoms with Crippen molar-refractivity contribution in [2.45, 2.75) is 83.0 Å². The number of nitrogens with zero attached hydrogens (tertiary/aromatic N) is 1. The number of carboxylic acid groups (broad SMARTS) is 1. The highest BCUT2D eigenvalue weighted by atomic mass is 35.5. The third kappa shape index (κ3) is 8.98. The minimum absolute atomic E-state index is 0.0504. The lowest BCUT2D eigenvalue weighted by Gasteiger charge is -2.40. The van der Waals surface area contributed by atoms with Crippen molar-refractivity contribution in [1.82, 2.24) is 0 Å². The van der Waals surface area contributed by atoms with Crippen molar-refractivity contribution in [3.8, 4) is 5.75 Å². The number of carboxylic acids is 1. The van der Waals surface area contributed by atoms with Crippen molar-refractivity contribution >= 4 is 34.6 Å². The average molecular weight is 557 g/mol. The fourth-order valence-electron chi connectivity index (χ4n) is 4.82. The van der Waals surface area contributed by atoms with Gasteiger partial charge in [0.05, 0.1) is 28.4 Å². The maximum atomic E-state index is 12.7. The number of halogens is 4. The molecule has 0 spiro atoms. The minimum Gasteiger partial charge on any atom is -0.482 e. The zero-order valence-electron chi connectivity index (χ0n) is 21.9. The summed E-state index contributed by atoms with van der Waals surface area (Å²) < 4.78 is 43.1. The van der Waals surface area contributed by atoms with Gasteiger partial charge in [0.2, 0.25) is 0 Å². The van der Waals surface area contributed by atoms with Gasteiger partial charge in [-0.2, -0.15) is 13.2 Å². The molecule has 10 heteroatoms. The number of aliphatic hydroxyl groups is 1. The molecule has 0 amide bonds. The predicted octanol–water partition coefficient (Wildman–Crippen LogP) is 7.51. The van der Waals surface area contributed by atoms with Gasteiger partial charge in [-0.15, -0.1) is 0 Å². The van der Waals surface area contributed by atoms with E-state index in [-0.39, 0.29) is 29.2 Å². The number of carbonyl (C=O) groups is 1. The maximum Gasteiger partial charge on any atom is 0.422 e. The van der Waals surface area contributed by atoms with Crippen LogP contribution in [-0.4, -0.2) is 47.2 Å². The predicted molar refractivity (Wildman–Crippen MR) is 144 cm³/mol. The molecular weight excluding hydrogens is 521 g/mol. The molecule has 0 bridgehead atoms. The number of nitrogens with one attached hydrogen (secondary N) is 1. The first-order valence-corrected chi connectivity index (χ1v) is 13.2. The zero-order valence-corrected chi connectivity index (χ0v) is 22.7. The molecule has 210 valence electrons. The Bertz CT molecular complexity index is 1100. The molecule has 3 N–H and O–H groups in total. The van der Waals surface area contributed by atoms with Crippen LogP contribution in [0.4, 0.5) is 30.2 Å². The van der Waals surface area contributed by atoms with Gasteiger partial charge >= 0.3 is 12.1 Å². The third-order valence-corrected chi connectivity index (χ3v) is 6.87. The van der Waals surface area contributed by atoms with E-state index in [9.17, 15) is 28.2 Å². The average Bonchev–Trinajstić information content (AvgIpc) is 2.82. The van der Waals surface area contributed by atoms with E-state index in [0.29, 0.717) is 17.9 Å². The topological polar surface area (TPSA) is 82.0 Å². The molecule has 1 aliphatic carbocycles. The first-order valence-electron chi connectivity index (χ1n) is 12.8. The van der Waals surface area contributed by atoms with Crippen LogP contribution >= 0.6 is 11.6 Å². The van der Waals surface area contributed by atoms with E-state index >= 15 is 0 Å². The Labute approximate surface area is 226 Å². The lowest BCUT2D eigenvalue weighted by Crippen LogP contribution is -2.45. The van der Waals surface area contributed by atoms with E-state index in [1.165, 1.54) is 12.1 Å². The molecule has 0 radical (unpaired) electrons. The molecule has 3 rings (SSSR count). The number of anilines is 3. The SMILES string of the molecule is CC(CC(=O)O)c1ccc(N(CC(C)(C)O)C2CCCCC2)c(Nc2ccc(Cl)c(OCC(F)(F)F)c2)c1. The van der Waals surface area contributed by atoms with E-state index < -0.39 is 24.4 Å². The van der Waals surface area contributed by atoms with Gasteiger partial charge in [0, 0.05) is 24.3 Å². The number of rotatable bonds is 11. The van der Waals surface area contributed by atoms with Crippen molar-refractivity contribution in [1.29, 1.82) is 0 Å². The van der Waals surface area contributed by atoms with Crippen LogP contribution in [0.5, 0.6) is 5.75 Å². The highest BCUT2D eigenvalue weighted by molar-refractivity contribution is 6.32. The largest absolute Gasteiger partial charge is 0.482 e. The number of hydrogen-bond donors (Lipinski definition) is 3. The van der Waals surface area contributed by atoms with Gasteiger partial charge in [-0.3, -0.25) is 4.79 Å². The van der Waals surface area contributed by atoms with E-state index in [1.54, 1.807) is 19.9 Å². The Balaban J connectivity index is 2.04. The number of benzene rings is 2. The van der Waals surface area contributed by atoms with Crippen LogP contribution in [0.2, 0.25) is 5.02 Å². The molecule has 6 nitrogen and oxygen atoms in total. The van der Waals surface area contributed by atoms with Gasteiger partial charge < -0.3 is 25.2 Å². The molecule has 1 saturated carbocycles. The Morgan fingerprint density at radius 1 is 1.16 bits per heavy atom. The van der Waals surface area contributed by atoms with Gasteiger partial charge in [0.25, 0.3) is 0 Å². The molecule has 0 heterocycles. The number of alkyl halides is 3. The Kier molecular flexibility index (Phi) is 9.81. The molecular formula is C28H36ClF3N2O4. The van der Waals surface area contributed by atoms with Crippen molar-refractivity contribution in [2.75, 3.05) is 23.4 Å². The van der Waals surface area contributed by atoms with Crippen molar-refractivity contribution < 1.29 is 32.9 Å². The van der Waals surface area contributed by atoms with Crippen molar-refractivity contribution in [3.05, 3.63) is 47.0 Å². The number of aliphatic carboxylic acids is 1. The van der Waals surface area contributed by atoms with E-state index in [2.05, 4.69) is 10.2 Å². The summed E-state index contributed by atoms with van der Waals surface area (Å²) >= 11 is 6.09. The van der Waals surface area contributed by atoms with Crippen LogP contribution < -0.4 is 15.0 Å². The van der Waals surface area contributed by atoms with Crippen LogP contribution in [0.25, 0.3) is 0 Å². The fraction of sp³-hybridized carbons (Fsp3) is 0.536. The van der Waals surface area contributed by atoms with E-state index in [1.807, 2.05) is 25.1 Å². The highest BCUT2D eigenvalue weighted by Gasteiger charge is 2.30. The van der Waals surface area contributed by atoms with Crippen LogP contribution in [-0.2, 0) is 4.79 Å². The molecule has 0 aliphatic heterocycles. The van der Waals surface area contributed by atoms with E-state index in [4.69, 9.17) is 16.3 Å². The van der Waals surface area contributed by atoms with Crippen LogP contribution in [0.15, 0.2) is 36.4 Å². The Hall–Kier alpha value is -2.65. The molecule has 1 unspecified atom stereocenters. The number of ether oxygens (including phenoxy) is 1. The molecule has 1 fully saturated rings. The summed E-state index contributed by atoms with van der Waals surface area (Å²) in [6.07, 6.45) is 0.722. The summed E-state index contributed by atoms with van der Waals surface area (Å²) in [5, 5.41) is 23.4. The summed E-state index contributed by atoms with van der Waals surface area (Å²) in [6.45, 7) is 4.24. The Morgan fingerprint density at radius 3 is 2.45 bits per heavy atom. The van der Waals surface area contributed by atoms with Gasteiger partial charge in [-0.25, -0.2) is 0 Å². The minimum atomic E-state index is -4.51. The monoisotopic (exact) mass is 556 g/mol. The zero-order chi connectivity index (χ0) is 28.1. The summed E-state index contributed by atoms with van der Waals surface area (Å²) in [7, 11) is 0. The molecule has 1 atom stereocenters. The first-order chi connectivity index (χ1) is 17.7. The number of hydrogen-bond acceptors (Lipinski definition) is 5. The van der Waals surface area contributed by atoms with Crippen molar-refractivity contribution in [2.24, 2.45) is 0 Å². The quantitative estimate of drug-likeness (QED) is 0.266. The second-order valence-electron chi connectivity index (χ2n) is 10.7. The normalized spacial score (nSPS) is 15.7. The lowest BCUT2D eigenvalue weighted by atomic mass is 9.91. The second kappa shape index (κ2) is 12.5. The smallest absolute Gasteiger partial charge is 0.422 e. The molecule has 1 aliphatic rings. The third-order valence-electron chi connectivity index (χ3n) is 6.55. The summed E-state index contributed by atoms with van der Waals surface area (Å²) in [5.41, 5.74) is 1.75. The molecule has 2 aromatic carbocycles. The fourth-order valence-corrected chi connectivity index (χ4v) is 4.99. The summed E-state index contributed by atoms with van der Waals surface area (Å²) in [4.78, 5) is 13.5. The standard InChI is InChI=1S/C28H36ClF3N2O4/c1-18(13-26(35)36)19-9-12-24(34(16-27(2,3)37)21-7-5-4-6-8-21)23(14-19)33-20-10-11-22(29)25(15-20)38-17-28(30,31)32/h9-12,14-15,18,21,33,37H,4-8,13,16-17H2,1-3H3,(H,35,36). The molecule has 2 aromatic rings. The van der Waals surface area contributed by atoms with Crippen LogP contribution in [0.3, 0.4) is 0 Å². The first kappa shape index (κ1) is 29.9. The van der Waals surface area contributed by atoms with Crippen LogP contribution in [0, 0.1) is 0 Å². The summed E-state index contributed by atoms with van der Waals surface area (Å²) in [6, 6.07) is 10.4. The van der Waals surface area contributed by atoms with Crippen LogP contribution in [0.1, 0.15) is 70.8 Å². The maximum absolute atomic E-state index is 12.7. The second-order valence-corrected chi connectivity index (χ2v) is 11.1. The van der Waals surface area contributed by atoms with Crippen molar-refractivity contribution in [3.63, 3.8) is 0 Å². The molecule has 0 aromatic heterocycles. The Morgan fingerprint density at radius 2 is 1.84 bits per heavy atom. The van der Waals surface area contributed by atoms with Gasteiger partial charge in [-0.1, -0.05) is 43.9 Å².